The fourth-order valence-corrected chi connectivity index (χ4v) is 3.12. The van der Waals surface area contributed by atoms with E-state index in [1.807, 2.05) is 24.0 Å². The average Bonchev–Trinajstić information content (AvgIpc) is 2.62. The van der Waals surface area contributed by atoms with Crippen LogP contribution in [0.25, 0.3) is 0 Å². The summed E-state index contributed by atoms with van der Waals surface area (Å²) in [6, 6.07) is 10.3. The van der Waals surface area contributed by atoms with Crippen LogP contribution >= 0.6 is 0 Å². The number of hydrogen-bond donors (Lipinski definition) is 1. The number of piperazine rings is 1. The van der Waals surface area contributed by atoms with Gasteiger partial charge in [0, 0.05) is 44.9 Å². The number of anilines is 3. The molecule has 1 aliphatic heterocycles. The van der Waals surface area contributed by atoms with Crippen molar-refractivity contribution in [1.29, 1.82) is 0 Å². The first-order chi connectivity index (χ1) is 12.1. The summed E-state index contributed by atoms with van der Waals surface area (Å²) >= 11 is 0. The lowest BCUT2D eigenvalue weighted by atomic mass is 10.1. The summed E-state index contributed by atoms with van der Waals surface area (Å²) in [4.78, 5) is 24.7. The number of carbonyl (C=O) groups is 1. The molecule has 2 aromatic rings. The first kappa shape index (κ1) is 17.2. The zero-order valence-electron chi connectivity index (χ0n) is 15.1. The van der Waals surface area contributed by atoms with Gasteiger partial charge in [0.15, 0.2) is 0 Å². The van der Waals surface area contributed by atoms with Gasteiger partial charge in [-0.3, -0.25) is 4.79 Å². The largest absolute Gasteiger partial charge is 0.353 e. The third kappa shape index (κ3) is 4.07. The molecule has 3 rings (SSSR count). The predicted molar refractivity (Wildman–Crippen MR) is 100 cm³/mol. The number of nitrogens with one attached hydrogen (secondary N) is 1. The molecule has 0 atom stereocenters. The second-order valence-electron chi connectivity index (χ2n) is 6.29. The molecule has 1 saturated heterocycles. The molecule has 6 heteroatoms. The van der Waals surface area contributed by atoms with Crippen LogP contribution in [0.1, 0.15) is 25.2 Å². The highest BCUT2D eigenvalue weighted by molar-refractivity contribution is 5.73. The van der Waals surface area contributed by atoms with E-state index in [2.05, 4.69) is 45.3 Å². The number of aromatic nitrogens is 2. The zero-order valence-corrected chi connectivity index (χ0v) is 15.1. The molecule has 2 heterocycles. The molecule has 0 aliphatic carbocycles. The molecule has 1 fully saturated rings. The van der Waals surface area contributed by atoms with E-state index in [1.165, 1.54) is 5.56 Å². The summed E-state index contributed by atoms with van der Waals surface area (Å²) in [6.07, 6.45) is 0.965. The molecule has 1 aliphatic rings. The Morgan fingerprint density at radius 3 is 2.56 bits per heavy atom. The Balaban J connectivity index is 1.78. The number of nitrogens with zero attached hydrogens (tertiary/aromatic N) is 4. The van der Waals surface area contributed by atoms with Crippen LogP contribution < -0.4 is 10.2 Å². The van der Waals surface area contributed by atoms with Gasteiger partial charge in [-0.25, -0.2) is 9.97 Å². The lowest BCUT2D eigenvalue weighted by Gasteiger charge is -2.35. The van der Waals surface area contributed by atoms with Gasteiger partial charge in [-0.15, -0.1) is 0 Å². The van der Waals surface area contributed by atoms with Gasteiger partial charge in [0.05, 0.1) is 0 Å². The molecule has 1 aromatic heterocycles. The summed E-state index contributed by atoms with van der Waals surface area (Å²) in [5.41, 5.74) is 2.34. The van der Waals surface area contributed by atoms with Crippen LogP contribution in [0.2, 0.25) is 0 Å². The van der Waals surface area contributed by atoms with E-state index in [9.17, 15) is 4.79 Å². The number of rotatable bonds is 4. The molecule has 25 heavy (non-hydrogen) atoms. The van der Waals surface area contributed by atoms with Gasteiger partial charge < -0.3 is 15.1 Å². The Labute approximate surface area is 148 Å². The Morgan fingerprint density at radius 1 is 1.16 bits per heavy atom. The highest BCUT2D eigenvalue weighted by Crippen LogP contribution is 2.23. The summed E-state index contributed by atoms with van der Waals surface area (Å²) in [7, 11) is 0. The molecule has 132 valence electrons. The van der Waals surface area contributed by atoms with E-state index in [0.29, 0.717) is 0 Å². The molecule has 0 spiro atoms. The molecular formula is C19H25N5O. The van der Waals surface area contributed by atoms with Crippen LogP contribution in [-0.4, -0.2) is 47.0 Å². The number of benzene rings is 1. The SMILES string of the molecule is CCc1ccccc1Nc1cc(N2CCN(C(C)=O)CC2)nc(C)n1. The van der Waals surface area contributed by atoms with Crippen LogP contribution in [0, 0.1) is 6.92 Å². The highest BCUT2D eigenvalue weighted by Gasteiger charge is 2.20. The third-order valence-electron chi connectivity index (χ3n) is 4.53. The van der Waals surface area contributed by atoms with E-state index in [4.69, 9.17) is 0 Å². The van der Waals surface area contributed by atoms with E-state index in [0.717, 1.165) is 55.7 Å². The van der Waals surface area contributed by atoms with Crippen LogP contribution in [-0.2, 0) is 11.2 Å². The summed E-state index contributed by atoms with van der Waals surface area (Å²) < 4.78 is 0. The first-order valence-electron chi connectivity index (χ1n) is 8.78. The topological polar surface area (TPSA) is 61.4 Å². The van der Waals surface area contributed by atoms with Crippen molar-refractivity contribution in [3.63, 3.8) is 0 Å². The normalized spacial score (nSPS) is 14.5. The second kappa shape index (κ2) is 7.51. The minimum Gasteiger partial charge on any atom is -0.353 e. The van der Waals surface area contributed by atoms with E-state index >= 15 is 0 Å². The van der Waals surface area contributed by atoms with Crippen LogP contribution in [0.4, 0.5) is 17.3 Å². The number of hydrogen-bond acceptors (Lipinski definition) is 5. The Bertz CT molecular complexity index is 753. The zero-order chi connectivity index (χ0) is 17.8. The molecular weight excluding hydrogens is 314 g/mol. The fraction of sp³-hybridized carbons (Fsp3) is 0.421. The maximum Gasteiger partial charge on any atom is 0.219 e. The number of amides is 1. The maximum atomic E-state index is 11.5. The summed E-state index contributed by atoms with van der Waals surface area (Å²) in [6.45, 7) is 8.73. The highest BCUT2D eigenvalue weighted by atomic mass is 16.2. The van der Waals surface area contributed by atoms with Crippen molar-refractivity contribution in [3.05, 3.63) is 41.7 Å². The van der Waals surface area contributed by atoms with Gasteiger partial charge in [0.1, 0.15) is 17.5 Å². The van der Waals surface area contributed by atoms with Crippen molar-refractivity contribution in [1.82, 2.24) is 14.9 Å². The van der Waals surface area contributed by atoms with Crippen molar-refractivity contribution >= 4 is 23.2 Å². The Kier molecular flexibility index (Phi) is 5.16. The van der Waals surface area contributed by atoms with E-state index < -0.39 is 0 Å². The Hall–Kier alpha value is -2.63. The fourth-order valence-electron chi connectivity index (χ4n) is 3.12. The first-order valence-corrected chi connectivity index (χ1v) is 8.78. The smallest absolute Gasteiger partial charge is 0.219 e. The maximum absolute atomic E-state index is 11.5. The monoisotopic (exact) mass is 339 g/mol. The second-order valence-corrected chi connectivity index (χ2v) is 6.29. The molecule has 1 N–H and O–H groups in total. The molecule has 0 radical (unpaired) electrons. The van der Waals surface area contributed by atoms with Crippen LogP contribution in [0.15, 0.2) is 30.3 Å². The number of carbonyl (C=O) groups excluding carboxylic acids is 1. The number of aryl methyl sites for hydroxylation is 2. The number of para-hydroxylation sites is 1. The van der Waals surface area contributed by atoms with Crippen molar-refractivity contribution in [2.45, 2.75) is 27.2 Å². The molecule has 1 amide bonds. The third-order valence-corrected chi connectivity index (χ3v) is 4.53. The van der Waals surface area contributed by atoms with E-state index in [-0.39, 0.29) is 5.91 Å². The van der Waals surface area contributed by atoms with Crippen molar-refractivity contribution in [3.8, 4) is 0 Å². The minimum atomic E-state index is 0.136. The standard InChI is InChI=1S/C19H25N5O/c1-4-16-7-5-6-8-17(16)22-18-13-19(21-14(2)20-18)24-11-9-23(10-12-24)15(3)25/h5-8,13H,4,9-12H2,1-3H3,(H,20,21,22). The molecule has 0 saturated carbocycles. The lowest BCUT2D eigenvalue weighted by Crippen LogP contribution is -2.48. The van der Waals surface area contributed by atoms with Gasteiger partial charge in [-0.2, -0.15) is 0 Å². The van der Waals surface area contributed by atoms with Gasteiger partial charge in [0.2, 0.25) is 5.91 Å². The van der Waals surface area contributed by atoms with Gasteiger partial charge in [-0.05, 0) is 25.0 Å². The van der Waals surface area contributed by atoms with E-state index in [1.54, 1.807) is 6.92 Å². The predicted octanol–water partition coefficient (Wildman–Crippen LogP) is 2.76. The molecule has 1 aromatic carbocycles. The molecule has 6 nitrogen and oxygen atoms in total. The minimum absolute atomic E-state index is 0.136. The molecule has 0 bridgehead atoms. The van der Waals surface area contributed by atoms with Crippen molar-refractivity contribution in [2.24, 2.45) is 0 Å². The van der Waals surface area contributed by atoms with Crippen molar-refractivity contribution < 1.29 is 4.79 Å². The average molecular weight is 339 g/mol. The van der Waals surface area contributed by atoms with Gasteiger partial charge >= 0.3 is 0 Å². The summed E-state index contributed by atoms with van der Waals surface area (Å²) in [5, 5.41) is 3.43. The van der Waals surface area contributed by atoms with Gasteiger partial charge in [0.25, 0.3) is 0 Å². The van der Waals surface area contributed by atoms with Crippen molar-refractivity contribution in [2.75, 3.05) is 36.4 Å². The summed E-state index contributed by atoms with van der Waals surface area (Å²) in [5.74, 6) is 2.59. The Morgan fingerprint density at radius 2 is 1.88 bits per heavy atom. The van der Waals surface area contributed by atoms with Crippen LogP contribution in [0.5, 0.6) is 0 Å². The van der Waals surface area contributed by atoms with Gasteiger partial charge in [-0.1, -0.05) is 25.1 Å². The lowest BCUT2D eigenvalue weighted by molar-refractivity contribution is -0.129. The van der Waals surface area contributed by atoms with Crippen LogP contribution in [0.3, 0.4) is 0 Å². The quantitative estimate of drug-likeness (QED) is 0.928. The molecule has 0 unspecified atom stereocenters.